The van der Waals surface area contributed by atoms with Crippen molar-refractivity contribution in [2.24, 2.45) is 10.7 Å². The van der Waals surface area contributed by atoms with Crippen LogP contribution in [-0.4, -0.2) is 33.8 Å². The second-order valence-electron chi connectivity index (χ2n) is 6.33. The highest BCUT2D eigenvalue weighted by Crippen LogP contribution is 2.41. The number of guanidine groups is 1. The summed E-state index contributed by atoms with van der Waals surface area (Å²) in [5, 5.41) is 0. The van der Waals surface area contributed by atoms with Gasteiger partial charge in [-0.15, -0.1) is 0 Å². The molecule has 3 heterocycles. The predicted octanol–water partition coefficient (Wildman–Crippen LogP) is 2.38. The van der Waals surface area contributed by atoms with Crippen molar-refractivity contribution in [3.8, 4) is 11.3 Å². The number of hydrogen-bond donors (Lipinski definition) is 1. The highest BCUT2D eigenvalue weighted by atomic mass is 19.1. The summed E-state index contributed by atoms with van der Waals surface area (Å²) in [6.45, 7) is -0.756. The Hall–Kier alpha value is -3.62. The molecule has 0 radical (unpaired) electrons. The first-order valence-corrected chi connectivity index (χ1v) is 8.30. The van der Waals surface area contributed by atoms with Crippen LogP contribution in [0.2, 0.25) is 0 Å². The number of aromatic nitrogens is 2. The molecule has 0 spiro atoms. The van der Waals surface area contributed by atoms with Gasteiger partial charge in [0.1, 0.15) is 24.4 Å². The molecule has 7 nitrogen and oxygen atoms in total. The lowest BCUT2D eigenvalue weighted by molar-refractivity contribution is -0.129. The van der Waals surface area contributed by atoms with E-state index in [4.69, 9.17) is 10.2 Å². The van der Waals surface area contributed by atoms with Crippen molar-refractivity contribution in [2.45, 2.75) is 12.2 Å². The van der Waals surface area contributed by atoms with Gasteiger partial charge >= 0.3 is 0 Å². The maximum atomic E-state index is 14.4. The van der Waals surface area contributed by atoms with E-state index in [2.05, 4.69) is 15.0 Å². The van der Waals surface area contributed by atoms with E-state index < -0.39 is 23.9 Å². The van der Waals surface area contributed by atoms with Crippen molar-refractivity contribution < 1.29 is 18.0 Å². The molecule has 1 aromatic carbocycles. The first-order chi connectivity index (χ1) is 13.5. The van der Waals surface area contributed by atoms with Crippen LogP contribution < -0.4 is 5.73 Å². The van der Waals surface area contributed by atoms with Crippen LogP contribution in [0.3, 0.4) is 0 Å². The van der Waals surface area contributed by atoms with Gasteiger partial charge in [-0.1, -0.05) is 6.07 Å². The van der Waals surface area contributed by atoms with E-state index in [0.29, 0.717) is 11.1 Å². The van der Waals surface area contributed by atoms with Gasteiger partial charge in [0.25, 0.3) is 5.91 Å². The average molecular weight is 383 g/mol. The fourth-order valence-corrected chi connectivity index (χ4v) is 3.23. The highest BCUT2D eigenvalue weighted by molar-refractivity contribution is 6.09. The summed E-state index contributed by atoms with van der Waals surface area (Å²) in [4.78, 5) is 26.8. The van der Waals surface area contributed by atoms with Crippen molar-refractivity contribution in [3.05, 3.63) is 71.8 Å². The van der Waals surface area contributed by atoms with Gasteiger partial charge in [-0.25, -0.2) is 18.8 Å². The van der Waals surface area contributed by atoms with Crippen molar-refractivity contribution in [2.75, 3.05) is 7.05 Å². The second kappa shape index (κ2) is 6.52. The van der Waals surface area contributed by atoms with Crippen LogP contribution in [0.4, 0.5) is 8.78 Å². The number of nitrogens with zero attached hydrogens (tertiary/aromatic N) is 4. The molecule has 142 valence electrons. The fraction of sp³-hybridized carbons (Fsp3) is 0.158. The van der Waals surface area contributed by atoms with E-state index in [1.807, 2.05) is 0 Å². The maximum absolute atomic E-state index is 14.4. The Kier molecular flexibility index (Phi) is 4.14. The third-order valence-electron chi connectivity index (χ3n) is 4.70. The van der Waals surface area contributed by atoms with E-state index in [1.165, 1.54) is 61.3 Å². The van der Waals surface area contributed by atoms with Crippen LogP contribution in [0.5, 0.6) is 0 Å². The number of alkyl halides is 1. The molecule has 0 aliphatic carbocycles. The lowest BCUT2D eigenvalue weighted by Gasteiger charge is -2.26. The first kappa shape index (κ1) is 17.8. The van der Waals surface area contributed by atoms with Crippen LogP contribution in [0.15, 0.2) is 58.7 Å². The van der Waals surface area contributed by atoms with Gasteiger partial charge in [-0.2, -0.15) is 0 Å². The third kappa shape index (κ3) is 2.55. The maximum Gasteiger partial charge on any atom is 0.266 e. The van der Waals surface area contributed by atoms with E-state index in [0.717, 1.165) is 0 Å². The third-order valence-corrected chi connectivity index (χ3v) is 4.70. The van der Waals surface area contributed by atoms with E-state index in [1.54, 1.807) is 0 Å². The number of rotatable bonds is 4. The molecule has 2 N–H and O–H groups in total. The summed E-state index contributed by atoms with van der Waals surface area (Å²) in [7, 11) is 1.48. The lowest BCUT2D eigenvalue weighted by atomic mass is 9.82. The number of amides is 1. The zero-order valence-corrected chi connectivity index (χ0v) is 14.8. The van der Waals surface area contributed by atoms with Crippen LogP contribution in [0, 0.1) is 5.82 Å². The summed E-state index contributed by atoms with van der Waals surface area (Å²) < 4.78 is 32.6. The monoisotopic (exact) mass is 383 g/mol. The van der Waals surface area contributed by atoms with Crippen molar-refractivity contribution in [1.29, 1.82) is 0 Å². The van der Waals surface area contributed by atoms with Gasteiger partial charge in [0.05, 0.1) is 0 Å². The van der Waals surface area contributed by atoms with E-state index in [-0.39, 0.29) is 22.8 Å². The normalized spacial score (nSPS) is 19.2. The number of halogens is 2. The molecule has 2 aromatic heterocycles. The topological polar surface area (TPSA) is 97.6 Å². The zero-order chi connectivity index (χ0) is 19.9. The molecule has 0 bridgehead atoms. The molecule has 1 aliphatic rings. The smallest absolute Gasteiger partial charge is 0.266 e. The number of benzene rings is 1. The fourth-order valence-electron chi connectivity index (χ4n) is 3.23. The molecule has 0 fully saturated rings. The Balaban J connectivity index is 1.98. The summed E-state index contributed by atoms with van der Waals surface area (Å²) in [6.07, 6.45) is 5.25. The molecule has 1 amide bonds. The molecular formula is C19H15F2N5O2. The predicted molar refractivity (Wildman–Crippen MR) is 96.1 cm³/mol. The number of hydrogen-bond acceptors (Lipinski definition) is 6. The van der Waals surface area contributed by atoms with E-state index >= 15 is 0 Å². The highest BCUT2D eigenvalue weighted by Gasteiger charge is 2.50. The molecule has 1 aliphatic heterocycles. The number of likely N-dealkylation sites (N-methyl/N-ethyl adjacent to an activating group) is 1. The van der Waals surface area contributed by atoms with E-state index in [9.17, 15) is 13.6 Å². The van der Waals surface area contributed by atoms with Crippen molar-refractivity contribution >= 4 is 11.9 Å². The molecule has 28 heavy (non-hydrogen) atoms. The molecule has 4 rings (SSSR count). The number of nitrogens with two attached hydrogens (primary N) is 1. The Morgan fingerprint density at radius 2 is 2.07 bits per heavy atom. The van der Waals surface area contributed by atoms with Crippen LogP contribution >= 0.6 is 0 Å². The lowest BCUT2D eigenvalue weighted by Crippen LogP contribution is -2.41. The minimum absolute atomic E-state index is 0.0111. The van der Waals surface area contributed by atoms with Crippen molar-refractivity contribution in [3.63, 3.8) is 0 Å². The summed E-state index contributed by atoms with van der Waals surface area (Å²) in [6, 6.07) is 5.61. The van der Waals surface area contributed by atoms with Gasteiger partial charge in [0, 0.05) is 36.1 Å². The molecule has 1 atom stereocenters. The number of pyridine rings is 1. The Bertz CT molecular complexity index is 1080. The van der Waals surface area contributed by atoms with Gasteiger partial charge in [-0.3, -0.25) is 14.7 Å². The minimum atomic E-state index is -1.61. The minimum Gasteiger partial charge on any atom is -0.451 e. The van der Waals surface area contributed by atoms with Gasteiger partial charge < -0.3 is 10.2 Å². The van der Waals surface area contributed by atoms with Gasteiger partial charge in [-0.05, 0) is 23.8 Å². The number of aliphatic imine (C=N–C) groups is 1. The quantitative estimate of drug-likeness (QED) is 0.746. The SMILES string of the molecule is CN1C(=O)C(c2cncc(CF)c2)(c2ccc(F)c(-c3cocn3)c2)N=C1N. The van der Waals surface area contributed by atoms with Crippen molar-refractivity contribution in [1.82, 2.24) is 14.9 Å². The Morgan fingerprint density at radius 1 is 1.25 bits per heavy atom. The zero-order valence-electron chi connectivity index (χ0n) is 14.8. The average Bonchev–Trinajstić information content (AvgIpc) is 3.32. The van der Waals surface area contributed by atoms with Crippen LogP contribution in [-0.2, 0) is 17.0 Å². The largest absolute Gasteiger partial charge is 0.451 e. The van der Waals surface area contributed by atoms with Crippen LogP contribution in [0.25, 0.3) is 11.3 Å². The summed E-state index contributed by atoms with van der Waals surface area (Å²) >= 11 is 0. The first-order valence-electron chi connectivity index (χ1n) is 8.30. The number of oxazole rings is 1. The standard InChI is InChI=1S/C19H15F2N5O2/c1-26-17(27)19(25-18(26)22,13-4-11(6-20)7-23-8-13)12-2-3-15(21)14(5-12)16-9-28-10-24-16/h2-5,7-10H,6H2,1H3,(H2,22,25). The second-order valence-corrected chi connectivity index (χ2v) is 6.33. The molecule has 1 unspecified atom stereocenters. The summed E-state index contributed by atoms with van der Waals surface area (Å²) in [5.74, 6) is -1.01. The molecule has 0 saturated carbocycles. The molecular weight excluding hydrogens is 368 g/mol. The van der Waals surface area contributed by atoms with Crippen LogP contribution in [0.1, 0.15) is 16.7 Å². The Labute approximate surface area is 158 Å². The molecule has 3 aromatic rings. The van der Waals surface area contributed by atoms with Gasteiger partial charge in [0.15, 0.2) is 17.9 Å². The number of carbonyl (C=O) groups excluding carboxylic acids is 1. The number of carbonyl (C=O) groups is 1. The molecule has 9 heteroatoms. The Morgan fingerprint density at radius 3 is 2.71 bits per heavy atom. The summed E-state index contributed by atoms with van der Waals surface area (Å²) in [5.41, 5.74) is 5.67. The molecule has 0 saturated heterocycles. The van der Waals surface area contributed by atoms with Gasteiger partial charge in [0.2, 0.25) is 0 Å².